The van der Waals surface area contributed by atoms with E-state index in [1.807, 2.05) is 0 Å². The Morgan fingerprint density at radius 1 is 1.52 bits per heavy atom. The topological polar surface area (TPSA) is 165 Å². The molecule has 0 unspecified atom stereocenters. The minimum Gasteiger partial charge on any atom is -0.432 e. The van der Waals surface area contributed by atoms with Crippen LogP contribution in [0, 0.1) is 11.3 Å². The maximum absolute atomic E-state index is 11.6. The number of aliphatic hydroxyl groups excluding tert-OH is 2. The van der Waals surface area contributed by atoms with Gasteiger partial charge in [-0.15, -0.1) is 0 Å². The molecule has 1 aliphatic heterocycles. The van der Waals surface area contributed by atoms with E-state index in [9.17, 15) is 20.3 Å². The Kier molecular flexibility index (Phi) is 4.88. The first-order valence-corrected chi connectivity index (χ1v) is 8.16. The van der Waals surface area contributed by atoms with E-state index < -0.39 is 42.8 Å². The fraction of sp³-hybridized carbons (Fsp3) is 0.500. The number of nitrogens with zero attached hydrogens (tertiary/aromatic N) is 4. The molecule has 2 aromatic heterocycles. The lowest BCUT2D eigenvalue weighted by molar-refractivity contribution is -0.0877. The number of rotatable bonds is 4. The monoisotopic (exact) mass is 377 g/mol. The Hall–Kier alpha value is -2.94. The third-order valence-corrected chi connectivity index (χ3v) is 4.18. The summed E-state index contributed by atoms with van der Waals surface area (Å²) < 4.78 is 16.8. The molecule has 0 aliphatic carbocycles. The first-order valence-electron chi connectivity index (χ1n) is 8.16. The van der Waals surface area contributed by atoms with E-state index in [0.717, 1.165) is 0 Å². The van der Waals surface area contributed by atoms with Gasteiger partial charge in [0.05, 0.1) is 11.8 Å². The Bertz CT molecular complexity index is 893. The quantitative estimate of drug-likeness (QED) is 0.614. The normalized spacial score (nSPS) is 27.6. The van der Waals surface area contributed by atoms with Gasteiger partial charge in [-0.25, -0.2) is 14.3 Å². The molecule has 144 valence electrons. The summed E-state index contributed by atoms with van der Waals surface area (Å²) in [5.74, 6) is 0.218. The highest BCUT2D eigenvalue weighted by Gasteiger charge is 2.57. The molecule has 11 heteroatoms. The van der Waals surface area contributed by atoms with Gasteiger partial charge in [-0.05, 0) is 26.0 Å². The number of hydrogen-bond acceptors (Lipinski definition) is 10. The maximum atomic E-state index is 11.6. The smallest absolute Gasteiger partial charge is 0.432 e. The third-order valence-electron chi connectivity index (χ3n) is 4.18. The van der Waals surface area contributed by atoms with Gasteiger partial charge in [0, 0.05) is 0 Å². The molecular weight excluding hydrogens is 358 g/mol. The van der Waals surface area contributed by atoms with Crippen LogP contribution in [0.15, 0.2) is 18.5 Å². The molecule has 2 aromatic rings. The lowest BCUT2D eigenvalue weighted by atomic mass is 9.96. The highest BCUT2D eigenvalue weighted by atomic mass is 16.7. The molecule has 0 amide bonds. The lowest BCUT2D eigenvalue weighted by Gasteiger charge is -2.23. The van der Waals surface area contributed by atoms with Gasteiger partial charge in [-0.1, -0.05) is 0 Å². The van der Waals surface area contributed by atoms with E-state index >= 15 is 0 Å². The van der Waals surface area contributed by atoms with Crippen molar-refractivity contribution in [1.82, 2.24) is 14.6 Å². The Morgan fingerprint density at radius 2 is 2.26 bits per heavy atom. The highest BCUT2D eigenvalue weighted by Crippen LogP contribution is 2.40. The molecule has 1 fully saturated rings. The van der Waals surface area contributed by atoms with E-state index in [4.69, 9.17) is 19.9 Å². The summed E-state index contributed by atoms with van der Waals surface area (Å²) in [5.41, 5.74) is 4.64. The summed E-state index contributed by atoms with van der Waals surface area (Å²) in [6.07, 6.45) is -4.41. The van der Waals surface area contributed by atoms with Gasteiger partial charge in [0.2, 0.25) is 5.60 Å². The van der Waals surface area contributed by atoms with Gasteiger partial charge >= 0.3 is 6.16 Å². The molecule has 27 heavy (non-hydrogen) atoms. The zero-order valence-corrected chi connectivity index (χ0v) is 14.6. The number of fused-ring (bicyclic) bond motifs is 1. The van der Waals surface area contributed by atoms with Crippen molar-refractivity contribution < 1.29 is 29.2 Å². The average molecular weight is 377 g/mol. The van der Waals surface area contributed by atoms with Gasteiger partial charge in [0.15, 0.2) is 5.82 Å². The van der Waals surface area contributed by atoms with Crippen molar-refractivity contribution in [3.05, 3.63) is 24.2 Å². The molecule has 0 aromatic carbocycles. The highest BCUT2D eigenvalue weighted by molar-refractivity contribution is 5.65. The number of aromatic nitrogens is 3. The largest absolute Gasteiger partial charge is 0.508 e. The minimum atomic E-state index is -1.97. The Labute approximate surface area is 153 Å². The zero-order valence-electron chi connectivity index (χ0n) is 14.6. The number of anilines is 1. The van der Waals surface area contributed by atoms with E-state index in [2.05, 4.69) is 10.1 Å². The third kappa shape index (κ3) is 3.25. The van der Waals surface area contributed by atoms with E-state index in [-0.39, 0.29) is 5.82 Å². The van der Waals surface area contributed by atoms with Crippen LogP contribution >= 0.6 is 0 Å². The van der Waals surface area contributed by atoms with Crippen LogP contribution < -0.4 is 5.73 Å². The van der Waals surface area contributed by atoms with Gasteiger partial charge in [-0.3, -0.25) is 0 Å². The average Bonchev–Trinajstić information content (AvgIpc) is 3.15. The molecule has 3 heterocycles. The van der Waals surface area contributed by atoms with Crippen LogP contribution in [-0.4, -0.2) is 61.5 Å². The number of carbonyl (C=O) groups is 1. The number of carbonyl (C=O) groups excluding carboxylic acids is 1. The zero-order chi connectivity index (χ0) is 19.8. The van der Waals surface area contributed by atoms with Crippen molar-refractivity contribution in [2.24, 2.45) is 0 Å². The number of nitriles is 1. The van der Waals surface area contributed by atoms with Crippen LogP contribution in [-0.2, 0) is 14.2 Å². The Morgan fingerprint density at radius 3 is 2.93 bits per heavy atom. The number of hydrogen-bond donors (Lipinski definition) is 3. The van der Waals surface area contributed by atoms with Gasteiger partial charge < -0.3 is 30.2 Å². The SMILES string of the molecule is CC(C)OC(=O)OC[C@@]1(C#N)O[C@@H](c2ccc3c(N)ncnn23)[C@H](O)[C@@H]1O. The Balaban J connectivity index is 1.86. The summed E-state index contributed by atoms with van der Waals surface area (Å²) in [7, 11) is 0. The van der Waals surface area contributed by atoms with Crippen molar-refractivity contribution in [3.8, 4) is 6.07 Å². The lowest BCUT2D eigenvalue weighted by Crippen LogP contribution is -2.46. The molecular formula is C16H19N5O6. The maximum Gasteiger partial charge on any atom is 0.508 e. The van der Waals surface area contributed by atoms with Crippen LogP contribution in [0.5, 0.6) is 0 Å². The number of ether oxygens (including phenoxy) is 3. The molecule has 1 saturated heterocycles. The van der Waals surface area contributed by atoms with Crippen LogP contribution in [0.4, 0.5) is 10.6 Å². The van der Waals surface area contributed by atoms with E-state index in [1.54, 1.807) is 32.0 Å². The molecule has 11 nitrogen and oxygen atoms in total. The van der Waals surface area contributed by atoms with Crippen molar-refractivity contribution in [1.29, 1.82) is 5.26 Å². The first-order chi connectivity index (χ1) is 12.8. The predicted octanol–water partition coefficient (Wildman–Crippen LogP) is -0.0714. The standard InChI is InChI=1S/C16H19N5O6/c1-8(2)26-15(24)25-6-16(5-17)13(23)11(22)12(27-16)9-3-4-10-14(18)19-7-20-21(9)10/h3-4,7-8,11-13,22-23H,6H2,1-2H3,(H2,18,19,20)/t11-,12-,13-,16+/m0/s1. The fourth-order valence-electron chi connectivity index (χ4n) is 2.87. The number of nitrogen functional groups attached to an aromatic ring is 1. The summed E-state index contributed by atoms with van der Waals surface area (Å²) in [5, 5.41) is 34.4. The first kappa shape index (κ1) is 18.8. The summed E-state index contributed by atoms with van der Waals surface area (Å²) in [6.45, 7) is 2.64. The predicted molar refractivity (Wildman–Crippen MR) is 89.2 cm³/mol. The molecule has 4 atom stereocenters. The van der Waals surface area contributed by atoms with Crippen molar-refractivity contribution in [2.75, 3.05) is 12.3 Å². The summed E-state index contributed by atoms with van der Waals surface area (Å²) >= 11 is 0. The van der Waals surface area contributed by atoms with Crippen molar-refractivity contribution in [2.45, 2.75) is 43.9 Å². The van der Waals surface area contributed by atoms with Crippen LogP contribution in [0.1, 0.15) is 25.6 Å². The molecule has 0 bridgehead atoms. The number of nitrogens with two attached hydrogens (primary N) is 1. The second-order valence-electron chi connectivity index (χ2n) is 6.38. The molecule has 0 radical (unpaired) electrons. The molecule has 1 aliphatic rings. The van der Waals surface area contributed by atoms with E-state index in [0.29, 0.717) is 11.2 Å². The molecule has 0 spiro atoms. The second-order valence-corrected chi connectivity index (χ2v) is 6.38. The van der Waals surface area contributed by atoms with Crippen molar-refractivity contribution >= 4 is 17.5 Å². The fourth-order valence-corrected chi connectivity index (χ4v) is 2.87. The van der Waals surface area contributed by atoms with Gasteiger partial charge in [0.1, 0.15) is 42.8 Å². The van der Waals surface area contributed by atoms with Crippen molar-refractivity contribution in [3.63, 3.8) is 0 Å². The van der Waals surface area contributed by atoms with E-state index in [1.165, 1.54) is 10.8 Å². The van der Waals surface area contributed by atoms with Crippen LogP contribution in [0.2, 0.25) is 0 Å². The minimum absolute atomic E-state index is 0.218. The number of aliphatic hydroxyl groups is 2. The van der Waals surface area contributed by atoms with Gasteiger partial charge in [-0.2, -0.15) is 10.4 Å². The molecule has 3 rings (SSSR count). The van der Waals surface area contributed by atoms with Crippen LogP contribution in [0.25, 0.3) is 5.52 Å². The molecule has 0 saturated carbocycles. The summed E-state index contributed by atoms with van der Waals surface area (Å²) in [6, 6.07) is 4.99. The summed E-state index contributed by atoms with van der Waals surface area (Å²) in [4.78, 5) is 15.5. The second kappa shape index (κ2) is 6.99. The van der Waals surface area contributed by atoms with Gasteiger partial charge in [0.25, 0.3) is 0 Å². The van der Waals surface area contributed by atoms with Crippen LogP contribution in [0.3, 0.4) is 0 Å². The molecule has 4 N–H and O–H groups in total.